The summed E-state index contributed by atoms with van der Waals surface area (Å²) in [6.45, 7) is 3.97. The van der Waals surface area contributed by atoms with Gasteiger partial charge in [0.1, 0.15) is 0 Å². The molecule has 1 heterocycles. The van der Waals surface area contributed by atoms with Crippen molar-refractivity contribution >= 4 is 33.4 Å². The summed E-state index contributed by atoms with van der Waals surface area (Å²) in [5, 5.41) is 0.747. The summed E-state index contributed by atoms with van der Waals surface area (Å²) in [6, 6.07) is 13.4. The first-order valence-corrected chi connectivity index (χ1v) is 9.93. The second-order valence-electron chi connectivity index (χ2n) is 6.37. The molecule has 0 unspecified atom stereocenters. The van der Waals surface area contributed by atoms with E-state index < -0.39 is 0 Å². The number of carbonyl (C=O) groups excluding carboxylic acids is 1. The average molecular weight is 454 g/mol. The Kier molecular flexibility index (Phi) is 6.99. The van der Waals surface area contributed by atoms with Crippen LogP contribution in [0.1, 0.15) is 5.56 Å². The number of hydrogen-bond donors (Lipinski definition) is 0. The molecule has 3 rings (SSSR count). The van der Waals surface area contributed by atoms with Gasteiger partial charge in [0.25, 0.3) is 5.91 Å². The predicted molar refractivity (Wildman–Crippen MR) is 109 cm³/mol. The van der Waals surface area contributed by atoms with E-state index in [0.29, 0.717) is 24.6 Å². The van der Waals surface area contributed by atoms with Crippen LogP contribution in [0, 0.1) is 0 Å². The summed E-state index contributed by atoms with van der Waals surface area (Å²) >= 11 is 9.32. The maximum atomic E-state index is 12.5. The molecular formula is C20H22BrClN2O3. The van der Waals surface area contributed by atoms with Crippen LogP contribution in [-0.4, -0.2) is 55.6 Å². The molecule has 1 amide bonds. The zero-order valence-corrected chi connectivity index (χ0v) is 17.5. The summed E-state index contributed by atoms with van der Waals surface area (Å²) in [5.41, 5.74) is 1.23. The zero-order valence-electron chi connectivity index (χ0n) is 15.2. The molecule has 1 aliphatic heterocycles. The summed E-state index contributed by atoms with van der Waals surface area (Å²) in [7, 11) is 1.58. The quantitative estimate of drug-likeness (QED) is 0.666. The van der Waals surface area contributed by atoms with Crippen molar-refractivity contribution in [2.45, 2.75) is 6.54 Å². The summed E-state index contributed by atoms with van der Waals surface area (Å²) in [4.78, 5) is 16.6. The Morgan fingerprint density at radius 1 is 1.07 bits per heavy atom. The van der Waals surface area contributed by atoms with E-state index in [2.05, 4.69) is 20.8 Å². The minimum Gasteiger partial charge on any atom is -0.493 e. The molecule has 0 aliphatic carbocycles. The van der Waals surface area contributed by atoms with Crippen LogP contribution in [0.4, 0.5) is 0 Å². The van der Waals surface area contributed by atoms with Crippen molar-refractivity contribution in [2.75, 3.05) is 39.9 Å². The smallest absolute Gasteiger partial charge is 0.260 e. The SMILES string of the molecule is COc1cc(Br)ccc1OCC(=O)N1CCN(Cc2ccc(Cl)cc2)CC1. The second-order valence-corrected chi connectivity index (χ2v) is 7.72. The van der Waals surface area contributed by atoms with Crippen molar-refractivity contribution in [2.24, 2.45) is 0 Å². The van der Waals surface area contributed by atoms with Crippen LogP contribution in [-0.2, 0) is 11.3 Å². The molecule has 0 saturated carbocycles. The molecule has 2 aromatic carbocycles. The largest absolute Gasteiger partial charge is 0.493 e. The van der Waals surface area contributed by atoms with Crippen molar-refractivity contribution in [3.8, 4) is 11.5 Å². The molecule has 0 N–H and O–H groups in total. The van der Waals surface area contributed by atoms with Gasteiger partial charge in [-0.1, -0.05) is 39.7 Å². The molecule has 144 valence electrons. The van der Waals surface area contributed by atoms with Gasteiger partial charge in [-0.15, -0.1) is 0 Å². The number of methoxy groups -OCH3 is 1. The minimum absolute atomic E-state index is 0.00823. The maximum absolute atomic E-state index is 12.5. The lowest BCUT2D eigenvalue weighted by Crippen LogP contribution is -2.49. The first kappa shape index (κ1) is 20.0. The van der Waals surface area contributed by atoms with Gasteiger partial charge in [0, 0.05) is 42.2 Å². The lowest BCUT2D eigenvalue weighted by Gasteiger charge is -2.34. The van der Waals surface area contributed by atoms with Gasteiger partial charge in [0.15, 0.2) is 18.1 Å². The standard InChI is InChI=1S/C20H22BrClN2O3/c1-26-19-12-16(21)4-7-18(19)27-14-20(25)24-10-8-23(9-11-24)13-15-2-5-17(22)6-3-15/h2-7,12H,8-11,13-14H2,1H3. The van der Waals surface area contributed by atoms with Crippen LogP contribution in [0.15, 0.2) is 46.9 Å². The monoisotopic (exact) mass is 452 g/mol. The Balaban J connectivity index is 1.46. The van der Waals surface area contributed by atoms with Gasteiger partial charge in [-0.05, 0) is 35.9 Å². The number of ether oxygens (including phenoxy) is 2. The van der Waals surface area contributed by atoms with Crippen LogP contribution in [0.25, 0.3) is 0 Å². The van der Waals surface area contributed by atoms with E-state index >= 15 is 0 Å². The van der Waals surface area contributed by atoms with E-state index in [4.69, 9.17) is 21.1 Å². The Labute approximate surface area is 172 Å². The van der Waals surface area contributed by atoms with Gasteiger partial charge in [-0.3, -0.25) is 9.69 Å². The summed E-state index contributed by atoms with van der Waals surface area (Å²) in [5.74, 6) is 1.16. The van der Waals surface area contributed by atoms with Gasteiger partial charge in [0.2, 0.25) is 0 Å². The van der Waals surface area contributed by atoms with Gasteiger partial charge >= 0.3 is 0 Å². The Morgan fingerprint density at radius 2 is 1.78 bits per heavy atom. The first-order chi connectivity index (χ1) is 13.0. The molecule has 1 saturated heterocycles. The molecule has 1 aliphatic rings. The molecule has 1 fully saturated rings. The van der Waals surface area contributed by atoms with Gasteiger partial charge in [0.05, 0.1) is 7.11 Å². The molecular weight excluding hydrogens is 432 g/mol. The number of carbonyl (C=O) groups is 1. The summed E-state index contributed by atoms with van der Waals surface area (Å²) in [6.07, 6.45) is 0. The lowest BCUT2D eigenvalue weighted by atomic mass is 10.2. The molecule has 0 spiro atoms. The van der Waals surface area contributed by atoms with Crippen LogP contribution in [0.3, 0.4) is 0 Å². The van der Waals surface area contributed by atoms with Crippen LogP contribution >= 0.6 is 27.5 Å². The lowest BCUT2D eigenvalue weighted by molar-refractivity contribution is -0.135. The molecule has 5 nitrogen and oxygen atoms in total. The maximum Gasteiger partial charge on any atom is 0.260 e. The Hall–Kier alpha value is -1.76. The highest BCUT2D eigenvalue weighted by Crippen LogP contribution is 2.30. The molecule has 2 aromatic rings. The normalized spacial score (nSPS) is 14.9. The number of benzene rings is 2. The van der Waals surface area contributed by atoms with Gasteiger partial charge in [-0.25, -0.2) is 0 Å². The van der Waals surface area contributed by atoms with E-state index in [1.54, 1.807) is 13.2 Å². The third kappa shape index (κ3) is 5.61. The Morgan fingerprint density at radius 3 is 2.44 bits per heavy atom. The highest BCUT2D eigenvalue weighted by atomic mass is 79.9. The number of hydrogen-bond acceptors (Lipinski definition) is 4. The van der Waals surface area contributed by atoms with Crippen molar-refractivity contribution in [1.82, 2.24) is 9.80 Å². The van der Waals surface area contributed by atoms with Crippen molar-refractivity contribution < 1.29 is 14.3 Å². The van der Waals surface area contributed by atoms with Crippen molar-refractivity contribution in [3.05, 3.63) is 57.5 Å². The van der Waals surface area contributed by atoms with E-state index in [0.717, 1.165) is 29.1 Å². The highest BCUT2D eigenvalue weighted by molar-refractivity contribution is 9.10. The first-order valence-electron chi connectivity index (χ1n) is 8.76. The average Bonchev–Trinajstić information content (AvgIpc) is 2.69. The molecule has 7 heteroatoms. The fraction of sp³-hybridized carbons (Fsp3) is 0.350. The number of amides is 1. The van der Waals surface area contributed by atoms with Crippen LogP contribution in [0.5, 0.6) is 11.5 Å². The van der Waals surface area contributed by atoms with E-state index in [9.17, 15) is 4.79 Å². The van der Waals surface area contributed by atoms with Crippen molar-refractivity contribution in [3.63, 3.8) is 0 Å². The number of nitrogens with zero attached hydrogens (tertiary/aromatic N) is 2. The Bertz CT molecular complexity index is 777. The number of piperazine rings is 1. The molecule has 27 heavy (non-hydrogen) atoms. The fourth-order valence-electron chi connectivity index (χ4n) is 2.99. The van der Waals surface area contributed by atoms with Crippen LogP contribution in [0.2, 0.25) is 5.02 Å². The highest BCUT2D eigenvalue weighted by Gasteiger charge is 2.21. The minimum atomic E-state index is -0.00823. The van der Waals surface area contributed by atoms with Crippen LogP contribution < -0.4 is 9.47 Å². The summed E-state index contributed by atoms with van der Waals surface area (Å²) < 4.78 is 11.9. The molecule has 0 aromatic heterocycles. The fourth-order valence-corrected chi connectivity index (χ4v) is 3.46. The van der Waals surface area contributed by atoms with Gasteiger partial charge < -0.3 is 14.4 Å². The van der Waals surface area contributed by atoms with E-state index in [-0.39, 0.29) is 12.5 Å². The van der Waals surface area contributed by atoms with E-state index in [1.807, 2.05) is 41.3 Å². The third-order valence-electron chi connectivity index (χ3n) is 4.52. The molecule has 0 bridgehead atoms. The topological polar surface area (TPSA) is 42.0 Å². The van der Waals surface area contributed by atoms with E-state index in [1.165, 1.54) is 5.56 Å². The molecule has 0 atom stereocenters. The number of halogens is 2. The third-order valence-corrected chi connectivity index (χ3v) is 5.27. The zero-order chi connectivity index (χ0) is 19.2. The number of rotatable bonds is 6. The predicted octanol–water partition coefficient (Wildman–Crippen LogP) is 3.83. The second kappa shape index (κ2) is 9.44. The van der Waals surface area contributed by atoms with Crippen molar-refractivity contribution in [1.29, 1.82) is 0 Å². The van der Waals surface area contributed by atoms with Gasteiger partial charge in [-0.2, -0.15) is 0 Å². The molecule has 0 radical (unpaired) electrons.